The Balaban J connectivity index is 1.75. The average Bonchev–Trinajstić information content (AvgIpc) is 3.11. The van der Waals surface area contributed by atoms with Crippen molar-refractivity contribution in [3.8, 4) is 11.5 Å². The first-order valence-corrected chi connectivity index (χ1v) is 19.0. The Bertz CT molecular complexity index is 1330. The van der Waals surface area contributed by atoms with Crippen molar-refractivity contribution < 1.29 is 29.4 Å². The summed E-state index contributed by atoms with van der Waals surface area (Å²) in [6, 6.07) is 10.2. The van der Waals surface area contributed by atoms with Crippen LogP contribution in [0.15, 0.2) is 36.4 Å². The summed E-state index contributed by atoms with van der Waals surface area (Å²) in [6.07, 6.45) is 17.7. The van der Waals surface area contributed by atoms with Crippen molar-refractivity contribution in [1.29, 1.82) is 0 Å². The van der Waals surface area contributed by atoms with Gasteiger partial charge < -0.3 is 10.2 Å². The molecule has 0 radical (unpaired) electrons. The second-order valence-corrected chi connectivity index (χ2v) is 13.3. The normalized spacial score (nSPS) is 11.5. The third kappa shape index (κ3) is 15.6. The molecule has 4 amide bonds. The molecule has 0 spiro atoms. The number of hydrogen-bond donors (Lipinski definition) is 6. The summed E-state index contributed by atoms with van der Waals surface area (Å²) in [6.45, 7) is 6.39. The van der Waals surface area contributed by atoms with Crippen molar-refractivity contribution in [3.63, 3.8) is 0 Å². The van der Waals surface area contributed by atoms with Crippen molar-refractivity contribution in [1.82, 2.24) is 21.7 Å². The first-order chi connectivity index (χ1) is 24.2. The van der Waals surface area contributed by atoms with Crippen LogP contribution in [-0.4, -0.2) is 33.8 Å². The molecule has 0 heterocycles. The van der Waals surface area contributed by atoms with Crippen LogP contribution in [0.25, 0.3) is 0 Å². The molecule has 10 nitrogen and oxygen atoms in total. The van der Waals surface area contributed by atoms with E-state index in [0.29, 0.717) is 38.5 Å². The summed E-state index contributed by atoms with van der Waals surface area (Å²) in [5.41, 5.74) is 11.6. The number of phenols is 2. The zero-order valence-corrected chi connectivity index (χ0v) is 30.7. The van der Waals surface area contributed by atoms with E-state index in [4.69, 9.17) is 0 Å². The molecule has 10 heteroatoms. The molecule has 50 heavy (non-hydrogen) atoms. The maximum Gasteiger partial charge on any atom is 0.273 e. The molecule has 0 bridgehead atoms. The molecule has 0 saturated carbocycles. The lowest BCUT2D eigenvalue weighted by Gasteiger charge is -2.17. The number of amides is 4. The highest BCUT2D eigenvalue weighted by Crippen LogP contribution is 2.26. The number of hydrazine groups is 2. The Kier molecular flexibility index (Phi) is 21.0. The van der Waals surface area contributed by atoms with Gasteiger partial charge in [-0.3, -0.25) is 40.9 Å². The van der Waals surface area contributed by atoms with E-state index in [0.717, 1.165) is 81.8 Å². The zero-order chi connectivity index (χ0) is 36.6. The fraction of sp³-hybridized carbons (Fsp3) is 0.600. The zero-order valence-electron chi connectivity index (χ0n) is 30.7. The molecule has 0 aliphatic rings. The summed E-state index contributed by atoms with van der Waals surface area (Å²) >= 11 is 0. The first kappa shape index (κ1) is 42.1. The number of aryl methyl sites for hydroxylation is 2. The highest BCUT2D eigenvalue weighted by molar-refractivity contribution is 5.99. The van der Waals surface area contributed by atoms with Gasteiger partial charge in [0.1, 0.15) is 11.5 Å². The van der Waals surface area contributed by atoms with Crippen molar-refractivity contribution in [2.75, 3.05) is 0 Å². The highest BCUT2D eigenvalue weighted by atomic mass is 16.3. The monoisotopic (exact) mass is 694 g/mol. The van der Waals surface area contributed by atoms with E-state index in [2.05, 4.69) is 42.5 Å². The van der Waals surface area contributed by atoms with Crippen LogP contribution in [0, 0.1) is 5.92 Å². The lowest BCUT2D eigenvalue weighted by atomic mass is 9.94. The second kappa shape index (κ2) is 25.0. The van der Waals surface area contributed by atoms with Crippen molar-refractivity contribution in [2.45, 2.75) is 149 Å². The molecule has 2 aromatic rings. The van der Waals surface area contributed by atoms with Gasteiger partial charge in [0.05, 0.1) is 11.1 Å². The molecule has 2 rings (SSSR count). The predicted molar refractivity (Wildman–Crippen MR) is 198 cm³/mol. The van der Waals surface area contributed by atoms with Crippen LogP contribution in [0.4, 0.5) is 0 Å². The van der Waals surface area contributed by atoms with Crippen LogP contribution < -0.4 is 21.7 Å². The number of nitrogens with one attached hydrogen (secondary N) is 4. The van der Waals surface area contributed by atoms with Crippen LogP contribution >= 0.6 is 0 Å². The van der Waals surface area contributed by atoms with E-state index >= 15 is 0 Å². The van der Waals surface area contributed by atoms with E-state index in [-0.39, 0.29) is 46.8 Å². The number of benzene rings is 2. The number of hydrogen-bond acceptors (Lipinski definition) is 6. The van der Waals surface area contributed by atoms with Gasteiger partial charge in [0.2, 0.25) is 11.8 Å². The Morgan fingerprint density at radius 2 is 1.00 bits per heavy atom. The molecule has 0 aliphatic heterocycles. The van der Waals surface area contributed by atoms with Gasteiger partial charge in [-0.05, 0) is 68.2 Å². The Morgan fingerprint density at radius 3 is 1.52 bits per heavy atom. The molecule has 0 saturated heterocycles. The summed E-state index contributed by atoms with van der Waals surface area (Å²) < 4.78 is 0. The van der Waals surface area contributed by atoms with Gasteiger partial charge in [0.25, 0.3) is 11.8 Å². The van der Waals surface area contributed by atoms with E-state index in [9.17, 15) is 29.4 Å². The number of para-hydroxylation sites is 2. The molecule has 1 unspecified atom stereocenters. The minimum Gasteiger partial charge on any atom is -0.507 e. The van der Waals surface area contributed by atoms with Gasteiger partial charge in [0.15, 0.2) is 0 Å². The molecule has 278 valence electrons. The number of unbranched alkanes of at least 4 members (excludes halogenated alkanes) is 11. The number of phenolic OH excluding ortho intramolecular Hbond substituents is 2. The summed E-state index contributed by atoms with van der Waals surface area (Å²) in [5.74, 6) is -2.13. The van der Waals surface area contributed by atoms with Gasteiger partial charge in [-0.25, -0.2) is 0 Å². The van der Waals surface area contributed by atoms with Crippen molar-refractivity contribution >= 4 is 23.6 Å². The average molecular weight is 695 g/mol. The fourth-order valence-electron chi connectivity index (χ4n) is 6.04. The summed E-state index contributed by atoms with van der Waals surface area (Å²) in [4.78, 5) is 50.9. The molecular formula is C40H62N4O6. The van der Waals surface area contributed by atoms with Crippen molar-refractivity contribution in [2.24, 2.45) is 5.92 Å². The molecule has 6 N–H and O–H groups in total. The van der Waals surface area contributed by atoms with Gasteiger partial charge in [0, 0.05) is 12.3 Å². The smallest absolute Gasteiger partial charge is 0.273 e. The lowest BCUT2D eigenvalue weighted by Crippen LogP contribution is -2.44. The molecule has 0 aromatic heterocycles. The third-order valence-corrected chi connectivity index (χ3v) is 9.18. The molecule has 2 aromatic carbocycles. The minimum atomic E-state index is -0.568. The SMILES string of the molecule is CCCCCCCc1cccc(C(=O)NNC(=O)CCCCCC(CCCC)C(=O)NNC(=O)c2cccc(CCCCCCC)c2O)c1O. The van der Waals surface area contributed by atoms with Gasteiger partial charge >= 0.3 is 0 Å². The van der Waals surface area contributed by atoms with Crippen LogP contribution in [0.1, 0.15) is 168 Å². The van der Waals surface area contributed by atoms with Crippen LogP contribution in [0.2, 0.25) is 0 Å². The number of carbonyl (C=O) groups is 4. The van der Waals surface area contributed by atoms with Gasteiger partial charge in [-0.2, -0.15) is 0 Å². The maximum absolute atomic E-state index is 13.0. The molecule has 0 fully saturated rings. The van der Waals surface area contributed by atoms with Crippen LogP contribution in [-0.2, 0) is 22.4 Å². The van der Waals surface area contributed by atoms with E-state index in [1.165, 1.54) is 18.9 Å². The Labute approximate surface area is 299 Å². The van der Waals surface area contributed by atoms with E-state index in [1.54, 1.807) is 18.2 Å². The quantitative estimate of drug-likeness (QED) is 0.0482. The summed E-state index contributed by atoms with van der Waals surface area (Å²) in [5, 5.41) is 21.3. The van der Waals surface area contributed by atoms with Crippen molar-refractivity contribution in [3.05, 3.63) is 58.7 Å². The second-order valence-electron chi connectivity index (χ2n) is 13.3. The molecule has 1 atom stereocenters. The number of carbonyl (C=O) groups excluding carboxylic acids is 4. The van der Waals surface area contributed by atoms with E-state index in [1.807, 2.05) is 12.1 Å². The fourth-order valence-corrected chi connectivity index (χ4v) is 6.04. The lowest BCUT2D eigenvalue weighted by molar-refractivity contribution is -0.126. The molecule has 0 aliphatic carbocycles. The van der Waals surface area contributed by atoms with Crippen LogP contribution in [0.3, 0.4) is 0 Å². The topological polar surface area (TPSA) is 157 Å². The Hall–Kier alpha value is -4.08. The van der Waals surface area contributed by atoms with Gasteiger partial charge in [-0.1, -0.05) is 122 Å². The van der Waals surface area contributed by atoms with E-state index < -0.39 is 11.8 Å². The maximum atomic E-state index is 13.0. The van der Waals surface area contributed by atoms with Crippen LogP contribution in [0.5, 0.6) is 11.5 Å². The number of aromatic hydroxyl groups is 2. The minimum absolute atomic E-state index is 0.0447. The standard InChI is InChI=1S/C40H62N4O6/c1-4-7-10-12-15-22-30-25-19-27-33(36(30)46)39(49)43-41-35(45)29-18-14-17-24-32(21-9-6-3)38(48)42-44-40(50)34-28-20-26-31(37(34)47)23-16-13-11-8-5-2/h19-20,25-28,32,46-47H,4-18,21-24,29H2,1-3H3,(H,41,45)(H,42,48)(H,43,49)(H,44,50). The molecular weight excluding hydrogens is 632 g/mol. The van der Waals surface area contributed by atoms with Gasteiger partial charge in [-0.15, -0.1) is 0 Å². The highest BCUT2D eigenvalue weighted by Gasteiger charge is 2.20. The Morgan fingerprint density at radius 1 is 0.540 bits per heavy atom. The summed E-state index contributed by atoms with van der Waals surface area (Å²) in [7, 11) is 0. The first-order valence-electron chi connectivity index (χ1n) is 19.0. The largest absolute Gasteiger partial charge is 0.507 e. The third-order valence-electron chi connectivity index (χ3n) is 9.18. The number of rotatable bonds is 24. The predicted octanol–water partition coefficient (Wildman–Crippen LogP) is 8.10.